The van der Waals surface area contributed by atoms with Crippen molar-refractivity contribution in [1.82, 2.24) is 4.98 Å². The molecule has 0 saturated carbocycles. The number of benzene rings is 2. The van der Waals surface area contributed by atoms with Crippen molar-refractivity contribution in [3.63, 3.8) is 0 Å². The number of ether oxygens (including phenoxy) is 2. The number of hydrogen-bond donors (Lipinski definition) is 1. The van der Waals surface area contributed by atoms with E-state index in [1.54, 1.807) is 14.2 Å². The van der Waals surface area contributed by atoms with E-state index in [9.17, 15) is 4.79 Å². The predicted octanol–water partition coefficient (Wildman–Crippen LogP) is 3.72. The molecule has 0 radical (unpaired) electrons. The van der Waals surface area contributed by atoms with Crippen LogP contribution in [0.25, 0.3) is 10.9 Å². The molecular weight excluding hydrogens is 278 g/mol. The topological polar surface area (TPSA) is 51.3 Å². The molecule has 1 aromatic heterocycles. The standard InChI is InChI=1S/C18H17NO3/c1-11-16-14(9-13(21-2)10-15(16)22-3)19-17(11)18(20)12-7-5-4-6-8-12/h4-10,19H,1-3H3. The maximum atomic E-state index is 12.7. The third-order valence-corrected chi connectivity index (χ3v) is 3.80. The van der Waals surface area contributed by atoms with Gasteiger partial charge in [-0.25, -0.2) is 0 Å². The Morgan fingerprint density at radius 2 is 1.77 bits per heavy atom. The summed E-state index contributed by atoms with van der Waals surface area (Å²) in [4.78, 5) is 15.9. The van der Waals surface area contributed by atoms with Gasteiger partial charge in [0.05, 0.1) is 25.4 Å². The van der Waals surface area contributed by atoms with Crippen molar-refractivity contribution in [2.24, 2.45) is 0 Å². The summed E-state index contributed by atoms with van der Waals surface area (Å²) in [6, 6.07) is 12.9. The first-order valence-corrected chi connectivity index (χ1v) is 6.99. The molecule has 4 heteroatoms. The van der Waals surface area contributed by atoms with Gasteiger partial charge in [0.25, 0.3) is 0 Å². The molecule has 2 aromatic carbocycles. The summed E-state index contributed by atoms with van der Waals surface area (Å²) >= 11 is 0. The normalized spacial score (nSPS) is 10.7. The number of rotatable bonds is 4. The molecule has 112 valence electrons. The number of fused-ring (bicyclic) bond motifs is 1. The second-order valence-corrected chi connectivity index (χ2v) is 5.07. The Labute approximate surface area is 128 Å². The number of aryl methyl sites for hydroxylation is 1. The van der Waals surface area contributed by atoms with Crippen molar-refractivity contribution in [3.8, 4) is 11.5 Å². The van der Waals surface area contributed by atoms with Gasteiger partial charge in [0, 0.05) is 23.1 Å². The summed E-state index contributed by atoms with van der Waals surface area (Å²) in [5.74, 6) is 1.34. The monoisotopic (exact) mass is 295 g/mol. The lowest BCUT2D eigenvalue weighted by molar-refractivity contribution is 0.103. The van der Waals surface area contributed by atoms with Crippen molar-refractivity contribution in [3.05, 3.63) is 59.3 Å². The summed E-state index contributed by atoms with van der Waals surface area (Å²) in [7, 11) is 3.21. The molecule has 1 N–H and O–H groups in total. The van der Waals surface area contributed by atoms with Crippen LogP contribution in [0.15, 0.2) is 42.5 Å². The lowest BCUT2D eigenvalue weighted by atomic mass is 10.0. The molecule has 0 bridgehead atoms. The van der Waals surface area contributed by atoms with Crippen LogP contribution in [0.1, 0.15) is 21.6 Å². The van der Waals surface area contributed by atoms with Gasteiger partial charge < -0.3 is 14.5 Å². The fourth-order valence-electron chi connectivity index (χ4n) is 2.67. The van der Waals surface area contributed by atoms with Crippen LogP contribution in [0.4, 0.5) is 0 Å². The molecule has 3 aromatic rings. The molecule has 0 aliphatic carbocycles. The fraction of sp³-hybridized carbons (Fsp3) is 0.167. The zero-order valence-electron chi connectivity index (χ0n) is 12.8. The Balaban J connectivity index is 2.20. The molecule has 0 atom stereocenters. The number of H-pyrrole nitrogens is 1. The Morgan fingerprint density at radius 3 is 2.41 bits per heavy atom. The highest BCUT2D eigenvalue weighted by Gasteiger charge is 2.19. The minimum absolute atomic E-state index is 0.0321. The number of hydrogen-bond acceptors (Lipinski definition) is 3. The van der Waals surface area contributed by atoms with E-state index >= 15 is 0 Å². The Morgan fingerprint density at radius 1 is 1.05 bits per heavy atom. The van der Waals surface area contributed by atoms with Crippen LogP contribution in [-0.2, 0) is 0 Å². The van der Waals surface area contributed by atoms with Gasteiger partial charge in [-0.3, -0.25) is 4.79 Å². The van der Waals surface area contributed by atoms with E-state index in [-0.39, 0.29) is 5.78 Å². The number of carbonyl (C=O) groups is 1. The van der Waals surface area contributed by atoms with Crippen molar-refractivity contribution < 1.29 is 14.3 Å². The smallest absolute Gasteiger partial charge is 0.209 e. The van der Waals surface area contributed by atoms with Crippen molar-refractivity contribution in [2.75, 3.05) is 14.2 Å². The predicted molar refractivity (Wildman–Crippen MR) is 86.0 cm³/mol. The molecule has 0 aliphatic rings. The summed E-state index contributed by atoms with van der Waals surface area (Å²) in [6.45, 7) is 1.92. The van der Waals surface area contributed by atoms with E-state index in [4.69, 9.17) is 9.47 Å². The minimum atomic E-state index is -0.0321. The maximum Gasteiger partial charge on any atom is 0.209 e. The molecule has 0 spiro atoms. The van der Waals surface area contributed by atoms with Crippen LogP contribution < -0.4 is 9.47 Å². The fourth-order valence-corrected chi connectivity index (χ4v) is 2.67. The Kier molecular flexibility index (Phi) is 3.59. The maximum absolute atomic E-state index is 12.7. The molecule has 0 saturated heterocycles. The molecule has 4 nitrogen and oxygen atoms in total. The van der Waals surface area contributed by atoms with Gasteiger partial charge in [0.1, 0.15) is 11.5 Å². The summed E-state index contributed by atoms with van der Waals surface area (Å²) < 4.78 is 10.7. The third-order valence-electron chi connectivity index (χ3n) is 3.80. The largest absolute Gasteiger partial charge is 0.497 e. The zero-order valence-corrected chi connectivity index (χ0v) is 12.8. The van der Waals surface area contributed by atoms with Crippen LogP contribution >= 0.6 is 0 Å². The van der Waals surface area contributed by atoms with E-state index in [0.717, 1.165) is 16.5 Å². The van der Waals surface area contributed by atoms with Gasteiger partial charge in [-0.05, 0) is 12.5 Å². The Bertz CT molecular complexity index is 834. The van der Waals surface area contributed by atoms with Crippen molar-refractivity contribution in [2.45, 2.75) is 6.92 Å². The third kappa shape index (κ3) is 2.22. The van der Waals surface area contributed by atoms with Gasteiger partial charge in [0.2, 0.25) is 5.78 Å². The minimum Gasteiger partial charge on any atom is -0.497 e. The first-order chi connectivity index (χ1) is 10.7. The van der Waals surface area contributed by atoms with Gasteiger partial charge in [-0.15, -0.1) is 0 Å². The highest BCUT2D eigenvalue weighted by Crippen LogP contribution is 2.35. The van der Waals surface area contributed by atoms with Gasteiger partial charge in [-0.1, -0.05) is 30.3 Å². The summed E-state index contributed by atoms with van der Waals surface area (Å²) in [5.41, 5.74) is 2.94. The van der Waals surface area contributed by atoms with E-state index in [0.29, 0.717) is 22.8 Å². The highest BCUT2D eigenvalue weighted by molar-refractivity contribution is 6.12. The second kappa shape index (κ2) is 5.56. The van der Waals surface area contributed by atoms with Crippen LogP contribution in [0.3, 0.4) is 0 Å². The summed E-state index contributed by atoms with van der Waals surface area (Å²) in [6.07, 6.45) is 0. The quantitative estimate of drug-likeness (QED) is 0.746. The number of aromatic nitrogens is 1. The molecule has 0 fully saturated rings. The van der Waals surface area contributed by atoms with E-state index in [1.165, 1.54) is 0 Å². The zero-order chi connectivity index (χ0) is 15.7. The summed E-state index contributed by atoms with van der Waals surface area (Å²) in [5, 5.41) is 0.905. The van der Waals surface area contributed by atoms with Crippen molar-refractivity contribution >= 4 is 16.7 Å². The Hall–Kier alpha value is -2.75. The van der Waals surface area contributed by atoms with Gasteiger partial charge in [0.15, 0.2) is 0 Å². The van der Waals surface area contributed by atoms with Crippen LogP contribution in [0.2, 0.25) is 0 Å². The molecule has 22 heavy (non-hydrogen) atoms. The highest BCUT2D eigenvalue weighted by atomic mass is 16.5. The number of nitrogens with one attached hydrogen (secondary N) is 1. The number of ketones is 1. The lowest BCUT2D eigenvalue weighted by Crippen LogP contribution is -2.03. The second-order valence-electron chi connectivity index (χ2n) is 5.07. The van der Waals surface area contributed by atoms with E-state index in [1.807, 2.05) is 49.4 Å². The van der Waals surface area contributed by atoms with Crippen molar-refractivity contribution in [1.29, 1.82) is 0 Å². The number of carbonyl (C=O) groups excluding carboxylic acids is 1. The first kappa shape index (κ1) is 14.2. The lowest BCUT2D eigenvalue weighted by Gasteiger charge is -2.06. The SMILES string of the molecule is COc1cc(OC)c2c(C)c(C(=O)c3ccccc3)[nH]c2c1. The van der Waals surface area contributed by atoms with Gasteiger partial charge in [-0.2, -0.15) is 0 Å². The van der Waals surface area contributed by atoms with Crippen LogP contribution in [0.5, 0.6) is 11.5 Å². The molecule has 3 rings (SSSR count). The molecular formula is C18H17NO3. The molecule has 1 heterocycles. The number of methoxy groups -OCH3 is 2. The molecule has 0 amide bonds. The average molecular weight is 295 g/mol. The average Bonchev–Trinajstić information content (AvgIpc) is 2.91. The molecule has 0 unspecified atom stereocenters. The van der Waals surface area contributed by atoms with Gasteiger partial charge >= 0.3 is 0 Å². The first-order valence-electron chi connectivity index (χ1n) is 6.99. The van der Waals surface area contributed by atoms with E-state index < -0.39 is 0 Å². The molecule has 0 aliphatic heterocycles. The van der Waals surface area contributed by atoms with Crippen LogP contribution in [-0.4, -0.2) is 25.0 Å². The number of aromatic amines is 1. The van der Waals surface area contributed by atoms with E-state index in [2.05, 4.69) is 4.98 Å². The van der Waals surface area contributed by atoms with Crippen LogP contribution in [0, 0.1) is 6.92 Å².